The van der Waals surface area contributed by atoms with Crippen molar-refractivity contribution < 1.29 is 9.53 Å². The molecule has 1 aliphatic carbocycles. The quantitative estimate of drug-likeness (QED) is 0.822. The summed E-state index contributed by atoms with van der Waals surface area (Å²) in [5.74, 6) is 0.198. The monoisotopic (exact) mass is 318 g/mol. The topological polar surface area (TPSA) is 45.3 Å². The van der Waals surface area contributed by atoms with Crippen molar-refractivity contribution in [3.05, 3.63) is 34.5 Å². The van der Waals surface area contributed by atoms with Crippen molar-refractivity contribution >= 4 is 28.5 Å². The summed E-state index contributed by atoms with van der Waals surface area (Å²) in [4.78, 5) is 17.6. The third kappa shape index (κ3) is 1.90. The van der Waals surface area contributed by atoms with Crippen LogP contribution in [0.3, 0.4) is 0 Å². The van der Waals surface area contributed by atoms with Crippen LogP contribution >= 0.6 is 11.6 Å². The minimum absolute atomic E-state index is 0.0533. The number of carbonyl (C=O) groups is 1. The van der Waals surface area contributed by atoms with Crippen LogP contribution in [0.15, 0.2) is 18.2 Å². The van der Waals surface area contributed by atoms with Gasteiger partial charge in [-0.25, -0.2) is 0 Å². The molecule has 2 heterocycles. The van der Waals surface area contributed by atoms with Crippen LogP contribution in [-0.2, 0) is 16.0 Å². The van der Waals surface area contributed by atoms with E-state index in [-0.39, 0.29) is 11.9 Å². The molecule has 1 aromatic carbocycles. The number of carbonyl (C=O) groups excluding carboxylic acids is 1. The zero-order chi connectivity index (χ0) is 15.4. The molecular weight excluding hydrogens is 300 g/mol. The van der Waals surface area contributed by atoms with Gasteiger partial charge in [0.25, 0.3) is 0 Å². The third-order valence-corrected chi connectivity index (χ3v) is 5.66. The van der Waals surface area contributed by atoms with Crippen molar-refractivity contribution in [2.75, 3.05) is 20.7 Å². The fourth-order valence-electron chi connectivity index (χ4n) is 4.32. The predicted octanol–water partition coefficient (Wildman–Crippen LogP) is 2.95. The number of methoxy groups -OCH3 is 1. The van der Waals surface area contributed by atoms with Crippen molar-refractivity contribution in [3.8, 4) is 0 Å². The summed E-state index contributed by atoms with van der Waals surface area (Å²) in [5, 5.41) is 2.01. The average molecular weight is 319 g/mol. The maximum atomic E-state index is 12.0. The molecule has 116 valence electrons. The van der Waals surface area contributed by atoms with E-state index in [0.29, 0.717) is 12.0 Å². The highest BCUT2D eigenvalue weighted by Gasteiger charge is 2.42. The fraction of sp³-hybridized carbons (Fsp3) is 0.471. The highest BCUT2D eigenvalue weighted by Crippen LogP contribution is 2.46. The Morgan fingerprint density at radius 2 is 2.27 bits per heavy atom. The molecule has 0 spiro atoms. The summed E-state index contributed by atoms with van der Waals surface area (Å²) in [6.07, 6.45) is 1.79. The number of aromatic nitrogens is 1. The van der Waals surface area contributed by atoms with Gasteiger partial charge >= 0.3 is 5.97 Å². The van der Waals surface area contributed by atoms with E-state index in [4.69, 9.17) is 16.3 Å². The number of likely N-dealkylation sites (N-methyl/N-ethyl adjacent to an activating group) is 1. The number of esters is 1. The number of rotatable bonds is 1. The lowest BCUT2D eigenvalue weighted by molar-refractivity contribution is -0.148. The normalized spacial score (nSPS) is 27.7. The minimum Gasteiger partial charge on any atom is -0.469 e. The second kappa shape index (κ2) is 5.00. The number of aromatic amines is 1. The van der Waals surface area contributed by atoms with Crippen LogP contribution in [0.5, 0.6) is 0 Å². The molecule has 1 saturated heterocycles. The van der Waals surface area contributed by atoms with E-state index >= 15 is 0 Å². The lowest BCUT2D eigenvalue weighted by Crippen LogP contribution is -2.49. The highest BCUT2D eigenvalue weighted by molar-refractivity contribution is 6.32. The molecule has 2 aliphatic rings. The van der Waals surface area contributed by atoms with E-state index in [1.54, 1.807) is 0 Å². The number of halogens is 1. The molecule has 0 saturated carbocycles. The molecule has 0 radical (unpaired) electrons. The maximum absolute atomic E-state index is 12.0. The van der Waals surface area contributed by atoms with Gasteiger partial charge in [0.05, 0.1) is 13.0 Å². The van der Waals surface area contributed by atoms with Crippen LogP contribution in [0.4, 0.5) is 0 Å². The van der Waals surface area contributed by atoms with E-state index in [1.165, 1.54) is 23.6 Å². The van der Waals surface area contributed by atoms with Gasteiger partial charge in [0, 0.05) is 29.4 Å². The van der Waals surface area contributed by atoms with Gasteiger partial charge in [0.1, 0.15) is 5.15 Å². The number of hydrogen-bond donors (Lipinski definition) is 1. The average Bonchev–Trinajstić information content (AvgIpc) is 2.84. The molecule has 5 heteroatoms. The lowest BCUT2D eigenvalue weighted by atomic mass is 9.72. The number of fused-ring (bicyclic) bond motifs is 2. The van der Waals surface area contributed by atoms with E-state index in [9.17, 15) is 4.79 Å². The zero-order valence-corrected chi connectivity index (χ0v) is 13.5. The number of piperidine rings is 1. The first-order chi connectivity index (χ1) is 10.6. The Bertz CT molecular complexity index is 754. The molecule has 4 nitrogen and oxygen atoms in total. The van der Waals surface area contributed by atoms with E-state index in [0.717, 1.165) is 30.1 Å². The fourth-order valence-corrected chi connectivity index (χ4v) is 4.60. The molecule has 3 atom stereocenters. The molecule has 1 aromatic heterocycles. The first kappa shape index (κ1) is 14.1. The molecule has 22 heavy (non-hydrogen) atoms. The summed E-state index contributed by atoms with van der Waals surface area (Å²) in [6.45, 7) is 0.751. The van der Waals surface area contributed by atoms with Crippen LogP contribution < -0.4 is 0 Å². The molecule has 1 aliphatic heterocycles. The third-order valence-electron chi connectivity index (χ3n) is 5.33. The summed E-state index contributed by atoms with van der Waals surface area (Å²) >= 11 is 6.41. The van der Waals surface area contributed by atoms with E-state index < -0.39 is 0 Å². The van der Waals surface area contributed by atoms with Crippen LogP contribution in [-0.4, -0.2) is 42.6 Å². The molecular formula is C17H19ClN2O2. The van der Waals surface area contributed by atoms with Gasteiger partial charge in [-0.15, -0.1) is 0 Å². The smallest absolute Gasteiger partial charge is 0.309 e. The Labute approximate surface area is 134 Å². The second-order valence-corrected chi connectivity index (χ2v) is 6.84. The Balaban J connectivity index is 1.83. The largest absolute Gasteiger partial charge is 0.469 e. The Morgan fingerprint density at radius 1 is 1.45 bits per heavy atom. The Hall–Kier alpha value is -1.52. The van der Waals surface area contributed by atoms with Gasteiger partial charge < -0.3 is 14.6 Å². The van der Waals surface area contributed by atoms with Crippen LogP contribution in [0.1, 0.15) is 23.5 Å². The standard InChI is InChI=1S/C17H19ClN2O2/c1-20-8-9(17(21)22-2)6-11-10-4-3-5-13-15(10)12(7-14(11)20)16(18)19-13/h3-5,9,11,14,19H,6-8H2,1-2H3/t9-,11+,14+/m0/s1. The number of benzene rings is 1. The number of nitrogens with zero attached hydrogens (tertiary/aromatic N) is 1. The van der Waals surface area contributed by atoms with Crippen LogP contribution in [0, 0.1) is 5.92 Å². The number of hydrogen-bond acceptors (Lipinski definition) is 3. The van der Waals surface area contributed by atoms with Gasteiger partial charge in [0.15, 0.2) is 0 Å². The summed E-state index contributed by atoms with van der Waals surface area (Å²) < 4.78 is 4.97. The van der Waals surface area contributed by atoms with Crippen molar-refractivity contribution in [2.45, 2.75) is 24.8 Å². The molecule has 1 N–H and O–H groups in total. The van der Waals surface area contributed by atoms with E-state index in [1.807, 2.05) is 0 Å². The molecule has 0 unspecified atom stereocenters. The lowest BCUT2D eigenvalue weighted by Gasteiger charge is -2.44. The molecule has 1 fully saturated rings. The molecule has 2 aromatic rings. The maximum Gasteiger partial charge on any atom is 0.309 e. The van der Waals surface area contributed by atoms with Crippen LogP contribution in [0.25, 0.3) is 10.9 Å². The van der Waals surface area contributed by atoms with E-state index in [2.05, 4.69) is 35.1 Å². The van der Waals surface area contributed by atoms with Crippen molar-refractivity contribution in [3.63, 3.8) is 0 Å². The highest BCUT2D eigenvalue weighted by atomic mass is 35.5. The molecule has 0 bridgehead atoms. The molecule has 0 amide bonds. The number of H-pyrrole nitrogens is 1. The van der Waals surface area contributed by atoms with Gasteiger partial charge in [-0.1, -0.05) is 23.7 Å². The number of nitrogens with one attached hydrogen (secondary N) is 1. The van der Waals surface area contributed by atoms with Crippen molar-refractivity contribution in [2.24, 2.45) is 5.92 Å². The van der Waals surface area contributed by atoms with Gasteiger partial charge in [-0.2, -0.15) is 0 Å². The Kier molecular flexibility index (Phi) is 3.20. The van der Waals surface area contributed by atoms with Gasteiger partial charge in [0.2, 0.25) is 0 Å². The van der Waals surface area contributed by atoms with Gasteiger partial charge in [-0.3, -0.25) is 4.79 Å². The summed E-state index contributed by atoms with van der Waals surface area (Å²) in [7, 11) is 3.57. The van der Waals surface area contributed by atoms with Gasteiger partial charge in [-0.05, 0) is 37.1 Å². The number of likely N-dealkylation sites (tertiary alicyclic amines) is 1. The Morgan fingerprint density at radius 3 is 3.05 bits per heavy atom. The van der Waals surface area contributed by atoms with Crippen molar-refractivity contribution in [1.82, 2.24) is 9.88 Å². The first-order valence-corrected chi connectivity index (χ1v) is 8.05. The SMILES string of the molecule is COC(=O)[C@H]1C[C@@H]2c3cccc4[nH]c(Cl)c(c34)C[C@H]2N(C)C1. The summed E-state index contributed by atoms with van der Waals surface area (Å²) in [5.41, 5.74) is 3.63. The molecule has 4 rings (SSSR count). The van der Waals surface area contributed by atoms with Crippen molar-refractivity contribution in [1.29, 1.82) is 0 Å². The zero-order valence-electron chi connectivity index (χ0n) is 12.7. The second-order valence-electron chi connectivity index (χ2n) is 6.46. The predicted molar refractivity (Wildman–Crippen MR) is 86.3 cm³/mol. The summed E-state index contributed by atoms with van der Waals surface area (Å²) in [6, 6.07) is 6.71. The minimum atomic E-state index is -0.102. The number of ether oxygens (including phenoxy) is 1. The first-order valence-electron chi connectivity index (χ1n) is 7.67. The van der Waals surface area contributed by atoms with Crippen LogP contribution in [0.2, 0.25) is 5.15 Å².